The van der Waals surface area contributed by atoms with Gasteiger partial charge < -0.3 is 5.11 Å². The molecule has 0 saturated carbocycles. The first-order valence-electron chi connectivity index (χ1n) is 6.09. The molecule has 0 saturated heterocycles. The molecule has 0 spiro atoms. The first-order valence-corrected chi connectivity index (χ1v) is 7.08. The molecule has 0 fully saturated rings. The van der Waals surface area contributed by atoms with Crippen molar-refractivity contribution < 1.29 is 5.11 Å². The van der Waals surface area contributed by atoms with Crippen molar-refractivity contribution in [3.63, 3.8) is 0 Å². The Morgan fingerprint density at radius 2 is 1.78 bits per heavy atom. The molecular formula is C15H17NOS. The van der Waals surface area contributed by atoms with Gasteiger partial charge in [0.1, 0.15) is 0 Å². The van der Waals surface area contributed by atoms with Gasteiger partial charge in [-0.15, -0.1) is 11.8 Å². The van der Waals surface area contributed by atoms with E-state index in [0.717, 1.165) is 16.9 Å². The number of pyridine rings is 1. The summed E-state index contributed by atoms with van der Waals surface area (Å²) in [7, 11) is 0. The SMILES string of the molecule is CCSc1ccc(C(O)Cc2ccncc2)cc1. The summed E-state index contributed by atoms with van der Waals surface area (Å²) in [5, 5.41) is 10.2. The van der Waals surface area contributed by atoms with Crippen LogP contribution < -0.4 is 0 Å². The number of hydrogen-bond donors (Lipinski definition) is 1. The van der Waals surface area contributed by atoms with E-state index in [1.807, 2.05) is 36.0 Å². The van der Waals surface area contributed by atoms with Crippen LogP contribution in [0.5, 0.6) is 0 Å². The standard InChI is InChI=1S/C15H17NOS/c1-2-18-14-5-3-13(4-6-14)15(17)11-12-7-9-16-10-8-12/h3-10,15,17H,2,11H2,1H3. The van der Waals surface area contributed by atoms with Crippen LogP contribution in [0.1, 0.15) is 24.2 Å². The van der Waals surface area contributed by atoms with Crippen molar-refractivity contribution in [3.05, 3.63) is 59.9 Å². The Labute approximate surface area is 112 Å². The van der Waals surface area contributed by atoms with Crippen LogP contribution in [0, 0.1) is 0 Å². The smallest absolute Gasteiger partial charge is 0.0830 e. The Kier molecular flexibility index (Phi) is 4.79. The van der Waals surface area contributed by atoms with Crippen LogP contribution in [0.3, 0.4) is 0 Å². The lowest BCUT2D eigenvalue weighted by Gasteiger charge is -2.11. The fourth-order valence-corrected chi connectivity index (χ4v) is 2.47. The molecule has 3 heteroatoms. The van der Waals surface area contributed by atoms with Gasteiger partial charge in [0.25, 0.3) is 0 Å². The molecule has 18 heavy (non-hydrogen) atoms. The summed E-state index contributed by atoms with van der Waals surface area (Å²) < 4.78 is 0. The first-order chi connectivity index (χ1) is 8.79. The zero-order valence-electron chi connectivity index (χ0n) is 10.4. The highest BCUT2D eigenvalue weighted by Gasteiger charge is 2.08. The van der Waals surface area contributed by atoms with Gasteiger partial charge in [-0.1, -0.05) is 19.1 Å². The summed E-state index contributed by atoms with van der Waals surface area (Å²) in [5.41, 5.74) is 2.07. The third kappa shape index (κ3) is 3.59. The largest absolute Gasteiger partial charge is 0.388 e. The lowest BCUT2D eigenvalue weighted by atomic mass is 10.0. The van der Waals surface area contributed by atoms with Crippen LogP contribution in [0.25, 0.3) is 0 Å². The molecule has 2 rings (SSSR count). The molecule has 2 nitrogen and oxygen atoms in total. The monoisotopic (exact) mass is 259 g/mol. The highest BCUT2D eigenvalue weighted by molar-refractivity contribution is 7.99. The number of thioether (sulfide) groups is 1. The Bertz CT molecular complexity index is 470. The maximum Gasteiger partial charge on any atom is 0.0830 e. The molecule has 0 radical (unpaired) electrons. The second-order valence-corrected chi connectivity index (χ2v) is 5.41. The number of aliphatic hydroxyl groups excluding tert-OH is 1. The Hall–Kier alpha value is -1.32. The molecule has 2 aromatic rings. The summed E-state index contributed by atoms with van der Waals surface area (Å²) in [4.78, 5) is 5.22. The summed E-state index contributed by atoms with van der Waals surface area (Å²) in [5.74, 6) is 1.07. The molecule has 0 aliphatic carbocycles. The molecule has 1 atom stereocenters. The van der Waals surface area contributed by atoms with Crippen molar-refractivity contribution in [1.29, 1.82) is 0 Å². The molecule has 0 bridgehead atoms. The predicted molar refractivity (Wildman–Crippen MR) is 75.7 cm³/mol. The minimum absolute atomic E-state index is 0.451. The van der Waals surface area contributed by atoms with Gasteiger partial charge in [0.2, 0.25) is 0 Å². The summed E-state index contributed by atoms with van der Waals surface area (Å²) in [6, 6.07) is 12.0. The minimum atomic E-state index is -0.451. The van der Waals surface area contributed by atoms with Gasteiger partial charge in [0.05, 0.1) is 6.10 Å². The van der Waals surface area contributed by atoms with E-state index in [0.29, 0.717) is 6.42 Å². The normalized spacial score (nSPS) is 12.3. The maximum atomic E-state index is 10.2. The molecule has 1 N–H and O–H groups in total. The van der Waals surface area contributed by atoms with Gasteiger partial charge >= 0.3 is 0 Å². The van der Waals surface area contributed by atoms with Gasteiger partial charge in [0.15, 0.2) is 0 Å². The van der Waals surface area contributed by atoms with E-state index in [-0.39, 0.29) is 0 Å². The van der Waals surface area contributed by atoms with Crippen LogP contribution in [0.2, 0.25) is 0 Å². The van der Waals surface area contributed by atoms with Gasteiger partial charge in [-0.2, -0.15) is 0 Å². The van der Waals surface area contributed by atoms with E-state index in [2.05, 4.69) is 24.0 Å². The van der Waals surface area contributed by atoms with Crippen molar-refractivity contribution in [2.45, 2.75) is 24.3 Å². The van der Waals surface area contributed by atoms with Gasteiger partial charge in [-0.05, 0) is 41.1 Å². The average molecular weight is 259 g/mol. The second-order valence-electron chi connectivity index (χ2n) is 4.08. The lowest BCUT2D eigenvalue weighted by molar-refractivity contribution is 0.178. The molecule has 0 aliphatic heterocycles. The van der Waals surface area contributed by atoms with Crippen LogP contribution in [-0.2, 0) is 6.42 Å². The molecule has 0 amide bonds. The molecule has 94 valence electrons. The van der Waals surface area contributed by atoms with E-state index in [4.69, 9.17) is 0 Å². The average Bonchev–Trinajstić information content (AvgIpc) is 2.41. The number of hydrogen-bond acceptors (Lipinski definition) is 3. The summed E-state index contributed by atoms with van der Waals surface area (Å²) >= 11 is 1.81. The van der Waals surface area contributed by atoms with E-state index < -0.39 is 6.10 Å². The minimum Gasteiger partial charge on any atom is -0.388 e. The predicted octanol–water partition coefficient (Wildman–Crippen LogP) is 3.47. The topological polar surface area (TPSA) is 33.1 Å². The molecular weight excluding hydrogens is 242 g/mol. The van der Waals surface area contributed by atoms with Crippen LogP contribution >= 0.6 is 11.8 Å². The molecule has 1 heterocycles. The number of rotatable bonds is 5. The van der Waals surface area contributed by atoms with Crippen molar-refractivity contribution >= 4 is 11.8 Å². The third-order valence-electron chi connectivity index (χ3n) is 2.75. The highest BCUT2D eigenvalue weighted by Crippen LogP contribution is 2.22. The van der Waals surface area contributed by atoms with Gasteiger partial charge in [-0.25, -0.2) is 0 Å². The fourth-order valence-electron chi connectivity index (χ4n) is 1.81. The van der Waals surface area contributed by atoms with E-state index in [1.165, 1.54) is 4.90 Å². The van der Waals surface area contributed by atoms with Crippen LogP contribution in [-0.4, -0.2) is 15.8 Å². The zero-order chi connectivity index (χ0) is 12.8. The molecule has 1 unspecified atom stereocenters. The molecule has 1 aromatic carbocycles. The van der Waals surface area contributed by atoms with Crippen LogP contribution in [0.4, 0.5) is 0 Å². The van der Waals surface area contributed by atoms with Crippen LogP contribution in [0.15, 0.2) is 53.7 Å². The van der Waals surface area contributed by atoms with E-state index in [1.54, 1.807) is 12.4 Å². The first kappa shape index (κ1) is 13.1. The quantitative estimate of drug-likeness (QED) is 0.835. The Morgan fingerprint density at radius 1 is 1.11 bits per heavy atom. The summed E-state index contributed by atoms with van der Waals surface area (Å²) in [6.45, 7) is 2.14. The molecule has 1 aromatic heterocycles. The van der Waals surface area contributed by atoms with E-state index in [9.17, 15) is 5.11 Å². The van der Waals surface area contributed by atoms with Crippen molar-refractivity contribution in [3.8, 4) is 0 Å². The number of aromatic nitrogens is 1. The number of aliphatic hydroxyl groups is 1. The maximum absolute atomic E-state index is 10.2. The Morgan fingerprint density at radius 3 is 2.39 bits per heavy atom. The summed E-state index contributed by atoms with van der Waals surface area (Å²) in [6.07, 6.45) is 3.68. The third-order valence-corrected chi connectivity index (χ3v) is 3.65. The number of nitrogens with zero attached hydrogens (tertiary/aromatic N) is 1. The van der Waals surface area contributed by atoms with E-state index >= 15 is 0 Å². The van der Waals surface area contributed by atoms with Crippen molar-refractivity contribution in [1.82, 2.24) is 4.98 Å². The lowest BCUT2D eigenvalue weighted by Crippen LogP contribution is -2.01. The Balaban J connectivity index is 2.02. The number of benzene rings is 1. The van der Waals surface area contributed by atoms with Gasteiger partial charge in [-0.3, -0.25) is 4.98 Å². The molecule has 0 aliphatic rings. The van der Waals surface area contributed by atoms with Crippen molar-refractivity contribution in [2.75, 3.05) is 5.75 Å². The van der Waals surface area contributed by atoms with Crippen molar-refractivity contribution in [2.24, 2.45) is 0 Å². The highest BCUT2D eigenvalue weighted by atomic mass is 32.2. The fraction of sp³-hybridized carbons (Fsp3) is 0.267. The van der Waals surface area contributed by atoms with Gasteiger partial charge in [0, 0.05) is 23.7 Å². The zero-order valence-corrected chi connectivity index (χ0v) is 11.2. The second kappa shape index (κ2) is 6.57.